The van der Waals surface area contributed by atoms with E-state index in [-0.39, 0.29) is 35.5 Å². The van der Waals surface area contributed by atoms with Gasteiger partial charge in [0.1, 0.15) is 0 Å². The van der Waals surface area contributed by atoms with Gasteiger partial charge >= 0.3 is 23.1 Å². The Bertz CT molecular complexity index is 67.0. The smallest absolute Gasteiger partial charge is 1.00 e. The zero-order valence-corrected chi connectivity index (χ0v) is 7.82. The van der Waals surface area contributed by atoms with Crippen molar-refractivity contribution in [3.8, 4) is 0 Å². The van der Waals surface area contributed by atoms with Crippen molar-refractivity contribution < 1.29 is 12.4 Å². The van der Waals surface area contributed by atoms with E-state index in [1.54, 1.807) is 0 Å². The summed E-state index contributed by atoms with van der Waals surface area (Å²) >= 11 is 0. The molecular formula is C7H11ClMg. The maximum Gasteiger partial charge on any atom is 2.00 e. The Labute approximate surface area is 79.3 Å². The molecule has 0 aromatic heterocycles. The summed E-state index contributed by atoms with van der Waals surface area (Å²) in [5, 5.41) is 0. The second kappa shape index (κ2) is 4.04. The molecule has 2 saturated carbocycles. The molecule has 2 heteroatoms. The third kappa shape index (κ3) is 1.99. The summed E-state index contributed by atoms with van der Waals surface area (Å²) in [5.74, 6) is 2.16. The van der Waals surface area contributed by atoms with E-state index >= 15 is 0 Å². The van der Waals surface area contributed by atoms with Crippen LogP contribution in [0.15, 0.2) is 0 Å². The summed E-state index contributed by atoms with van der Waals surface area (Å²) < 4.78 is 0. The van der Waals surface area contributed by atoms with Crippen molar-refractivity contribution in [3.05, 3.63) is 6.42 Å². The molecule has 0 radical (unpaired) electrons. The standard InChI is InChI=1S/C7H11.ClH.Mg/c1-2-7-4-3-6(1)5-7;;/h1,6-7H,2-5H2;1H;/q-1;;+2/p-1. The van der Waals surface area contributed by atoms with E-state index in [4.69, 9.17) is 0 Å². The summed E-state index contributed by atoms with van der Waals surface area (Å²) in [6, 6.07) is 0. The maximum atomic E-state index is 2.51. The van der Waals surface area contributed by atoms with Gasteiger partial charge in [0.05, 0.1) is 0 Å². The van der Waals surface area contributed by atoms with Gasteiger partial charge in [-0.2, -0.15) is 12.3 Å². The molecule has 2 aliphatic rings. The van der Waals surface area contributed by atoms with Crippen LogP contribution in [0.3, 0.4) is 0 Å². The van der Waals surface area contributed by atoms with Crippen LogP contribution in [0.1, 0.15) is 25.7 Å². The zero-order valence-electron chi connectivity index (χ0n) is 5.65. The van der Waals surface area contributed by atoms with Gasteiger partial charge in [0.25, 0.3) is 0 Å². The van der Waals surface area contributed by atoms with Crippen LogP contribution in [0.5, 0.6) is 0 Å². The first-order chi connectivity index (χ1) is 3.45. The average Bonchev–Trinajstić information content (AvgIpc) is 2.22. The molecule has 0 saturated heterocycles. The van der Waals surface area contributed by atoms with Gasteiger partial charge in [-0.25, -0.2) is 0 Å². The van der Waals surface area contributed by atoms with Crippen LogP contribution in [-0.2, 0) is 0 Å². The fourth-order valence-electron chi connectivity index (χ4n) is 1.93. The Morgan fingerprint density at radius 1 is 1.22 bits per heavy atom. The van der Waals surface area contributed by atoms with Gasteiger partial charge in [0.15, 0.2) is 0 Å². The molecule has 2 rings (SSSR count). The van der Waals surface area contributed by atoms with Gasteiger partial charge in [-0.15, -0.1) is 0 Å². The van der Waals surface area contributed by atoms with Gasteiger partial charge in [-0.1, -0.05) is 25.2 Å². The third-order valence-electron chi connectivity index (χ3n) is 2.38. The topological polar surface area (TPSA) is 0 Å². The monoisotopic (exact) mass is 154 g/mol. The molecule has 2 fully saturated rings. The maximum absolute atomic E-state index is 2.51. The number of hydrogen-bond acceptors (Lipinski definition) is 0. The number of fused-ring (bicyclic) bond motifs is 2. The van der Waals surface area contributed by atoms with Crippen molar-refractivity contribution in [1.29, 1.82) is 0 Å². The normalized spacial score (nSPS) is 37.3. The van der Waals surface area contributed by atoms with E-state index in [0.29, 0.717) is 0 Å². The SMILES string of the molecule is [CH-]1CC2CCC1C2.[Cl-].[Mg+2]. The largest absolute Gasteiger partial charge is 2.00 e. The first kappa shape index (κ1) is 10.1. The fourth-order valence-corrected chi connectivity index (χ4v) is 1.93. The van der Waals surface area contributed by atoms with Crippen molar-refractivity contribution in [2.24, 2.45) is 11.8 Å². The second-order valence-corrected chi connectivity index (χ2v) is 2.91. The molecule has 2 aliphatic carbocycles. The van der Waals surface area contributed by atoms with Crippen molar-refractivity contribution in [2.45, 2.75) is 25.7 Å². The molecule has 0 aromatic rings. The molecule has 0 N–H and O–H groups in total. The Hall–Kier alpha value is 1.06. The van der Waals surface area contributed by atoms with Crippen molar-refractivity contribution in [1.82, 2.24) is 0 Å². The van der Waals surface area contributed by atoms with Crippen LogP contribution >= 0.6 is 0 Å². The van der Waals surface area contributed by atoms with E-state index in [0.717, 1.165) is 11.8 Å². The quantitative estimate of drug-likeness (QED) is 0.299. The first-order valence-corrected chi connectivity index (χ1v) is 3.28. The van der Waals surface area contributed by atoms with E-state index in [1.165, 1.54) is 25.7 Å². The van der Waals surface area contributed by atoms with Crippen LogP contribution in [0.25, 0.3) is 0 Å². The Balaban J connectivity index is 0.000000320. The van der Waals surface area contributed by atoms with E-state index in [1.807, 2.05) is 0 Å². The van der Waals surface area contributed by atoms with Gasteiger partial charge in [-0.05, 0) is 0 Å². The van der Waals surface area contributed by atoms with Gasteiger partial charge in [0, 0.05) is 0 Å². The van der Waals surface area contributed by atoms with Crippen LogP contribution < -0.4 is 12.4 Å². The van der Waals surface area contributed by atoms with Crippen LogP contribution in [0, 0.1) is 18.3 Å². The van der Waals surface area contributed by atoms with Gasteiger partial charge in [-0.3, -0.25) is 0 Å². The minimum Gasteiger partial charge on any atom is -1.00 e. The molecular weight excluding hydrogens is 144 g/mol. The average molecular weight is 155 g/mol. The molecule has 48 valence electrons. The minimum absolute atomic E-state index is 0. The molecule has 0 heterocycles. The summed E-state index contributed by atoms with van der Waals surface area (Å²) in [6.07, 6.45) is 8.50. The zero-order chi connectivity index (χ0) is 4.69. The molecule has 0 aliphatic heterocycles. The molecule has 2 unspecified atom stereocenters. The molecule has 2 atom stereocenters. The van der Waals surface area contributed by atoms with Crippen LogP contribution in [-0.4, -0.2) is 23.1 Å². The fraction of sp³-hybridized carbons (Fsp3) is 0.857. The van der Waals surface area contributed by atoms with Crippen molar-refractivity contribution in [3.63, 3.8) is 0 Å². The summed E-state index contributed by atoms with van der Waals surface area (Å²) in [7, 11) is 0. The predicted octanol–water partition coefficient (Wildman–Crippen LogP) is -1.37. The van der Waals surface area contributed by atoms with E-state index < -0.39 is 0 Å². The molecule has 0 nitrogen and oxygen atoms in total. The molecule has 9 heavy (non-hydrogen) atoms. The molecule has 0 amide bonds. The summed E-state index contributed by atoms with van der Waals surface area (Å²) in [5.41, 5.74) is 0. The summed E-state index contributed by atoms with van der Waals surface area (Å²) in [4.78, 5) is 0. The minimum atomic E-state index is 0. The number of hydrogen-bond donors (Lipinski definition) is 0. The Morgan fingerprint density at radius 2 is 2.00 bits per heavy atom. The van der Waals surface area contributed by atoms with E-state index in [9.17, 15) is 0 Å². The molecule has 0 aromatic carbocycles. The number of rotatable bonds is 0. The van der Waals surface area contributed by atoms with Gasteiger partial charge < -0.3 is 18.8 Å². The molecule has 0 spiro atoms. The predicted molar refractivity (Wildman–Crippen MR) is 35.5 cm³/mol. The first-order valence-electron chi connectivity index (χ1n) is 3.28. The molecule has 2 bridgehead atoms. The Morgan fingerprint density at radius 3 is 2.11 bits per heavy atom. The van der Waals surface area contributed by atoms with Crippen LogP contribution in [0.4, 0.5) is 0 Å². The second-order valence-electron chi connectivity index (χ2n) is 2.91. The van der Waals surface area contributed by atoms with Crippen LogP contribution in [0.2, 0.25) is 0 Å². The number of halogens is 1. The summed E-state index contributed by atoms with van der Waals surface area (Å²) in [6.45, 7) is 0. The third-order valence-corrected chi connectivity index (χ3v) is 2.38. The Kier molecular flexibility index (Phi) is 4.52. The van der Waals surface area contributed by atoms with E-state index in [2.05, 4.69) is 6.42 Å². The van der Waals surface area contributed by atoms with Crippen molar-refractivity contribution >= 4 is 23.1 Å². The van der Waals surface area contributed by atoms with Gasteiger partial charge in [0.2, 0.25) is 0 Å². The van der Waals surface area contributed by atoms with Crippen molar-refractivity contribution in [2.75, 3.05) is 0 Å².